The number of sulfonamides is 1. The van der Waals surface area contributed by atoms with Gasteiger partial charge in [0.25, 0.3) is 0 Å². The Bertz CT molecular complexity index is 1090. The predicted octanol–water partition coefficient (Wildman–Crippen LogP) is 5.24. The third-order valence-corrected chi connectivity index (χ3v) is 7.61. The third kappa shape index (κ3) is 6.43. The lowest BCUT2D eigenvalue weighted by Crippen LogP contribution is -2.31. The maximum atomic E-state index is 13.1. The fraction of sp³-hybridized carbons (Fsp3) is 0.208. The van der Waals surface area contributed by atoms with Crippen molar-refractivity contribution >= 4 is 33.4 Å². The van der Waals surface area contributed by atoms with Gasteiger partial charge in [-0.25, -0.2) is 13.1 Å². The molecule has 1 amide bonds. The predicted molar refractivity (Wildman–Crippen MR) is 127 cm³/mol. The van der Waals surface area contributed by atoms with Crippen molar-refractivity contribution in [2.45, 2.75) is 41.4 Å². The first kappa shape index (κ1) is 23.1. The molecule has 0 bridgehead atoms. The summed E-state index contributed by atoms with van der Waals surface area (Å²) in [6.45, 7) is 3.74. The number of carbonyl (C=O) groups excluding carboxylic acids is 1. The van der Waals surface area contributed by atoms with Gasteiger partial charge in [-0.15, -0.1) is 11.8 Å². The van der Waals surface area contributed by atoms with Crippen molar-refractivity contribution in [3.05, 3.63) is 90.5 Å². The normalized spacial score (nSPS) is 13.4. The van der Waals surface area contributed by atoms with Crippen LogP contribution in [0.4, 0.5) is 5.69 Å². The van der Waals surface area contributed by atoms with Crippen LogP contribution in [-0.4, -0.2) is 20.4 Å². The molecule has 2 atom stereocenters. The van der Waals surface area contributed by atoms with E-state index in [1.54, 1.807) is 12.1 Å². The molecule has 0 fully saturated rings. The summed E-state index contributed by atoms with van der Waals surface area (Å²) >= 11 is 1.47. The average Bonchev–Trinajstić information content (AvgIpc) is 2.78. The number of anilines is 1. The van der Waals surface area contributed by atoms with Gasteiger partial charge >= 0.3 is 0 Å². The Balaban J connectivity index is 1.77. The molecule has 0 saturated heterocycles. The van der Waals surface area contributed by atoms with E-state index in [2.05, 4.69) is 10.0 Å². The SMILES string of the molecule is CC[C@H](C)NS(=O)(=O)c1ccc(NC(=O)[C@@H](Sc2ccccc2)c2ccccc2)cc1. The lowest BCUT2D eigenvalue weighted by atomic mass is 10.1. The lowest BCUT2D eigenvalue weighted by Gasteiger charge is -2.17. The summed E-state index contributed by atoms with van der Waals surface area (Å²) in [4.78, 5) is 14.3. The molecule has 0 heterocycles. The van der Waals surface area contributed by atoms with Crippen LogP contribution in [0.3, 0.4) is 0 Å². The first-order valence-electron chi connectivity index (χ1n) is 10.1. The van der Waals surface area contributed by atoms with E-state index in [9.17, 15) is 13.2 Å². The second kappa shape index (κ2) is 10.6. The van der Waals surface area contributed by atoms with Crippen molar-refractivity contribution in [3.63, 3.8) is 0 Å². The van der Waals surface area contributed by atoms with Gasteiger partial charge in [-0.05, 0) is 55.3 Å². The van der Waals surface area contributed by atoms with Gasteiger partial charge in [0.15, 0.2) is 0 Å². The summed E-state index contributed by atoms with van der Waals surface area (Å²) in [5.74, 6) is -0.173. The Hall–Kier alpha value is -2.61. The van der Waals surface area contributed by atoms with Gasteiger partial charge in [-0.3, -0.25) is 4.79 Å². The minimum Gasteiger partial charge on any atom is -0.325 e. The fourth-order valence-corrected chi connectivity index (χ4v) is 5.25. The van der Waals surface area contributed by atoms with Gasteiger partial charge in [0.2, 0.25) is 15.9 Å². The molecule has 0 aromatic heterocycles. The second-order valence-electron chi connectivity index (χ2n) is 7.17. The van der Waals surface area contributed by atoms with Crippen LogP contribution in [0.5, 0.6) is 0 Å². The molecule has 0 aliphatic carbocycles. The topological polar surface area (TPSA) is 75.3 Å². The van der Waals surface area contributed by atoms with Crippen LogP contribution < -0.4 is 10.0 Å². The summed E-state index contributed by atoms with van der Waals surface area (Å²) in [5, 5.41) is 2.47. The first-order valence-corrected chi connectivity index (χ1v) is 12.4. The zero-order valence-electron chi connectivity index (χ0n) is 17.5. The maximum Gasteiger partial charge on any atom is 0.242 e. The number of amides is 1. The van der Waals surface area contributed by atoms with Crippen LogP contribution in [0.25, 0.3) is 0 Å². The molecular weight excluding hydrogens is 428 g/mol. The number of carbonyl (C=O) groups is 1. The van der Waals surface area contributed by atoms with Gasteiger partial charge in [0, 0.05) is 16.6 Å². The molecule has 3 rings (SSSR count). The van der Waals surface area contributed by atoms with Crippen molar-refractivity contribution in [1.82, 2.24) is 4.72 Å². The molecule has 3 aromatic carbocycles. The van der Waals surface area contributed by atoms with E-state index in [0.717, 1.165) is 10.5 Å². The van der Waals surface area contributed by atoms with E-state index >= 15 is 0 Å². The highest BCUT2D eigenvalue weighted by molar-refractivity contribution is 8.00. The van der Waals surface area contributed by atoms with Crippen LogP contribution >= 0.6 is 11.8 Å². The van der Waals surface area contributed by atoms with Gasteiger partial charge < -0.3 is 5.32 Å². The Morgan fingerprint density at radius 1 is 0.903 bits per heavy atom. The Kier molecular flexibility index (Phi) is 7.90. The van der Waals surface area contributed by atoms with Gasteiger partial charge in [-0.1, -0.05) is 55.5 Å². The smallest absolute Gasteiger partial charge is 0.242 e. The monoisotopic (exact) mass is 454 g/mol. The third-order valence-electron chi connectivity index (χ3n) is 4.74. The molecule has 2 N–H and O–H groups in total. The molecule has 0 aliphatic heterocycles. The van der Waals surface area contributed by atoms with E-state index in [-0.39, 0.29) is 16.8 Å². The van der Waals surface area contributed by atoms with Crippen LogP contribution in [0, 0.1) is 0 Å². The Morgan fingerprint density at radius 3 is 2.06 bits per heavy atom. The van der Waals surface area contributed by atoms with Gasteiger partial charge in [-0.2, -0.15) is 0 Å². The van der Waals surface area contributed by atoms with E-state index in [1.807, 2.05) is 74.5 Å². The molecule has 0 saturated carbocycles. The van der Waals surface area contributed by atoms with Crippen LogP contribution in [0.2, 0.25) is 0 Å². The molecule has 31 heavy (non-hydrogen) atoms. The fourth-order valence-electron chi connectivity index (χ4n) is 2.88. The van der Waals surface area contributed by atoms with Crippen molar-refractivity contribution in [2.24, 2.45) is 0 Å². The van der Waals surface area contributed by atoms with Gasteiger partial charge in [0.1, 0.15) is 5.25 Å². The molecular formula is C24H26N2O3S2. The van der Waals surface area contributed by atoms with Crippen molar-refractivity contribution in [1.29, 1.82) is 0 Å². The second-order valence-corrected chi connectivity index (χ2v) is 10.1. The number of hydrogen-bond donors (Lipinski definition) is 2. The van der Waals surface area contributed by atoms with Crippen LogP contribution in [-0.2, 0) is 14.8 Å². The molecule has 0 radical (unpaired) electrons. The zero-order valence-corrected chi connectivity index (χ0v) is 19.1. The number of thioether (sulfide) groups is 1. The molecule has 0 aliphatic rings. The average molecular weight is 455 g/mol. The molecule has 0 unspecified atom stereocenters. The number of rotatable bonds is 9. The van der Waals surface area contributed by atoms with Crippen molar-refractivity contribution in [3.8, 4) is 0 Å². The highest BCUT2D eigenvalue weighted by atomic mass is 32.2. The minimum absolute atomic E-state index is 0.147. The molecule has 3 aromatic rings. The van der Waals surface area contributed by atoms with Gasteiger partial charge in [0.05, 0.1) is 4.90 Å². The summed E-state index contributed by atoms with van der Waals surface area (Å²) in [6.07, 6.45) is 0.702. The van der Waals surface area contributed by atoms with E-state index in [4.69, 9.17) is 0 Å². The zero-order chi connectivity index (χ0) is 22.3. The summed E-state index contributed by atoms with van der Waals surface area (Å²) in [5.41, 5.74) is 1.44. The van der Waals surface area contributed by atoms with Crippen LogP contribution in [0.15, 0.2) is 94.7 Å². The largest absolute Gasteiger partial charge is 0.325 e. The van der Waals surface area contributed by atoms with Crippen LogP contribution in [0.1, 0.15) is 31.1 Å². The number of benzene rings is 3. The standard InChI is InChI=1S/C24H26N2O3S2/c1-3-18(2)26-31(28,29)22-16-14-20(15-17-22)25-24(27)23(19-10-6-4-7-11-19)30-21-12-8-5-9-13-21/h4-18,23,26H,3H2,1-2H3,(H,25,27)/t18-,23-/m0/s1. The molecule has 7 heteroatoms. The lowest BCUT2D eigenvalue weighted by molar-refractivity contribution is -0.115. The Morgan fingerprint density at radius 2 is 1.48 bits per heavy atom. The first-order chi connectivity index (χ1) is 14.9. The van der Waals surface area contributed by atoms with E-state index in [0.29, 0.717) is 12.1 Å². The number of nitrogens with one attached hydrogen (secondary N) is 2. The highest BCUT2D eigenvalue weighted by Gasteiger charge is 2.22. The van der Waals surface area contributed by atoms with Crippen molar-refractivity contribution in [2.75, 3.05) is 5.32 Å². The summed E-state index contributed by atoms with van der Waals surface area (Å²) in [6, 6.07) is 25.4. The summed E-state index contributed by atoms with van der Waals surface area (Å²) in [7, 11) is -3.58. The summed E-state index contributed by atoms with van der Waals surface area (Å²) < 4.78 is 27.5. The number of hydrogen-bond acceptors (Lipinski definition) is 4. The molecule has 162 valence electrons. The van der Waals surface area contributed by atoms with E-state index in [1.165, 1.54) is 23.9 Å². The highest BCUT2D eigenvalue weighted by Crippen LogP contribution is 2.36. The Labute approximate surface area is 188 Å². The molecule has 0 spiro atoms. The van der Waals surface area contributed by atoms with Crippen molar-refractivity contribution < 1.29 is 13.2 Å². The molecule has 5 nitrogen and oxygen atoms in total. The minimum atomic E-state index is -3.58. The van der Waals surface area contributed by atoms with E-state index < -0.39 is 15.3 Å². The maximum absolute atomic E-state index is 13.1. The quantitative estimate of drug-likeness (QED) is 0.434.